The Bertz CT molecular complexity index is 372. The highest BCUT2D eigenvalue weighted by Gasteiger charge is 2.18. The van der Waals surface area contributed by atoms with E-state index in [0.717, 1.165) is 19.5 Å². The zero-order chi connectivity index (χ0) is 13.3. The molecule has 1 atom stereocenters. The van der Waals surface area contributed by atoms with Gasteiger partial charge in [0.15, 0.2) is 0 Å². The molecule has 1 N–H and O–H groups in total. The molecule has 1 aromatic carbocycles. The van der Waals surface area contributed by atoms with Gasteiger partial charge >= 0.3 is 0 Å². The van der Waals surface area contributed by atoms with Gasteiger partial charge in [-0.05, 0) is 44.8 Å². The first-order chi connectivity index (χ1) is 9.38. The van der Waals surface area contributed by atoms with Gasteiger partial charge in [-0.2, -0.15) is 0 Å². The minimum Gasteiger partial charge on any atom is -0.312 e. The number of hydrogen-bond donors (Lipinski definition) is 1. The normalized spacial score (nSPS) is 21.0. The molecular weight excluding hydrogens is 232 g/mol. The van der Waals surface area contributed by atoms with E-state index in [0.29, 0.717) is 6.04 Å². The molecule has 1 unspecified atom stereocenters. The van der Waals surface area contributed by atoms with Gasteiger partial charge in [-0.15, -0.1) is 0 Å². The zero-order valence-electron chi connectivity index (χ0n) is 12.0. The zero-order valence-corrected chi connectivity index (χ0v) is 12.0. The van der Waals surface area contributed by atoms with E-state index in [1.165, 1.54) is 31.5 Å². The van der Waals surface area contributed by atoms with Gasteiger partial charge in [-0.3, -0.25) is 4.90 Å². The van der Waals surface area contributed by atoms with E-state index in [-0.39, 0.29) is 0 Å². The summed E-state index contributed by atoms with van der Waals surface area (Å²) in [7, 11) is 0. The standard InChI is InChI=1S/C17H26N2/c1-2-3-7-12-18-17-11-8-13-19(15-17)14-16-9-5-4-6-10-16/h2-6,9-10,17-18H,7-8,11-15H2,1H3/b3-2+. The van der Waals surface area contributed by atoms with Gasteiger partial charge in [0.05, 0.1) is 0 Å². The molecule has 0 amide bonds. The molecule has 2 rings (SSSR count). The first kappa shape index (κ1) is 14.3. The third-order valence-corrected chi connectivity index (χ3v) is 3.73. The highest BCUT2D eigenvalue weighted by Crippen LogP contribution is 2.13. The van der Waals surface area contributed by atoms with Crippen LogP contribution in [0.5, 0.6) is 0 Å². The second-order valence-electron chi connectivity index (χ2n) is 5.37. The molecule has 2 heteroatoms. The topological polar surface area (TPSA) is 15.3 Å². The van der Waals surface area contributed by atoms with Crippen LogP contribution in [0.15, 0.2) is 42.5 Å². The maximum absolute atomic E-state index is 3.68. The van der Waals surface area contributed by atoms with Crippen molar-refractivity contribution in [3.05, 3.63) is 48.0 Å². The summed E-state index contributed by atoms with van der Waals surface area (Å²) < 4.78 is 0. The van der Waals surface area contributed by atoms with Crippen molar-refractivity contribution in [3.8, 4) is 0 Å². The number of rotatable bonds is 6. The number of allylic oxidation sites excluding steroid dienone is 1. The molecule has 0 radical (unpaired) electrons. The lowest BCUT2D eigenvalue weighted by Crippen LogP contribution is -2.45. The molecule has 0 saturated carbocycles. The maximum atomic E-state index is 3.68. The van der Waals surface area contributed by atoms with Crippen LogP contribution in [0.2, 0.25) is 0 Å². The van der Waals surface area contributed by atoms with Gasteiger partial charge in [0, 0.05) is 19.1 Å². The molecule has 1 saturated heterocycles. The van der Waals surface area contributed by atoms with Crippen LogP contribution in [0, 0.1) is 0 Å². The molecule has 2 nitrogen and oxygen atoms in total. The van der Waals surface area contributed by atoms with Crippen molar-refractivity contribution >= 4 is 0 Å². The van der Waals surface area contributed by atoms with Crippen molar-refractivity contribution in [1.82, 2.24) is 10.2 Å². The van der Waals surface area contributed by atoms with E-state index in [1.807, 2.05) is 0 Å². The number of piperidine rings is 1. The van der Waals surface area contributed by atoms with Crippen LogP contribution in [0.25, 0.3) is 0 Å². The average molecular weight is 258 g/mol. The third-order valence-electron chi connectivity index (χ3n) is 3.73. The Morgan fingerprint density at radius 2 is 2.16 bits per heavy atom. The summed E-state index contributed by atoms with van der Waals surface area (Å²) in [6, 6.07) is 11.5. The Kier molecular flexibility index (Phi) is 6.12. The van der Waals surface area contributed by atoms with E-state index in [9.17, 15) is 0 Å². The SMILES string of the molecule is C/C=C/CCNC1CCCN(Cc2ccccc2)C1. The van der Waals surface area contributed by atoms with Crippen LogP contribution < -0.4 is 5.32 Å². The van der Waals surface area contributed by atoms with Crippen molar-refractivity contribution < 1.29 is 0 Å². The summed E-state index contributed by atoms with van der Waals surface area (Å²) in [6.45, 7) is 6.71. The first-order valence-electron chi connectivity index (χ1n) is 7.49. The van der Waals surface area contributed by atoms with Gasteiger partial charge in [0.2, 0.25) is 0 Å². The van der Waals surface area contributed by atoms with Gasteiger partial charge < -0.3 is 5.32 Å². The average Bonchev–Trinajstić information content (AvgIpc) is 2.45. The van der Waals surface area contributed by atoms with Crippen molar-refractivity contribution in [2.75, 3.05) is 19.6 Å². The van der Waals surface area contributed by atoms with Crippen LogP contribution in [0.1, 0.15) is 31.7 Å². The molecule has 1 aromatic rings. The molecule has 0 aliphatic carbocycles. The summed E-state index contributed by atoms with van der Waals surface area (Å²) in [5.74, 6) is 0. The second kappa shape index (κ2) is 8.13. The first-order valence-corrected chi connectivity index (χ1v) is 7.49. The molecule has 0 spiro atoms. The summed E-state index contributed by atoms with van der Waals surface area (Å²) in [5, 5.41) is 3.68. The minimum absolute atomic E-state index is 0.669. The Labute approximate surface area is 117 Å². The smallest absolute Gasteiger partial charge is 0.0234 e. The number of nitrogens with zero attached hydrogens (tertiary/aromatic N) is 1. The van der Waals surface area contributed by atoms with Crippen LogP contribution in [-0.4, -0.2) is 30.6 Å². The Balaban J connectivity index is 1.74. The number of likely N-dealkylation sites (tertiary alicyclic amines) is 1. The van der Waals surface area contributed by atoms with Crippen LogP contribution >= 0.6 is 0 Å². The van der Waals surface area contributed by atoms with Crippen molar-refractivity contribution in [2.45, 2.75) is 38.8 Å². The fourth-order valence-electron chi connectivity index (χ4n) is 2.74. The van der Waals surface area contributed by atoms with Crippen molar-refractivity contribution in [2.24, 2.45) is 0 Å². The Hall–Kier alpha value is -1.12. The molecule has 1 aliphatic rings. The van der Waals surface area contributed by atoms with E-state index in [1.54, 1.807) is 0 Å². The second-order valence-corrected chi connectivity index (χ2v) is 5.37. The van der Waals surface area contributed by atoms with Gasteiger partial charge in [0.25, 0.3) is 0 Å². The van der Waals surface area contributed by atoms with Gasteiger partial charge in [0.1, 0.15) is 0 Å². The van der Waals surface area contributed by atoms with Crippen LogP contribution in [-0.2, 0) is 6.54 Å². The van der Waals surface area contributed by atoms with Crippen molar-refractivity contribution in [3.63, 3.8) is 0 Å². The van der Waals surface area contributed by atoms with E-state index in [4.69, 9.17) is 0 Å². The number of hydrogen-bond acceptors (Lipinski definition) is 2. The molecule has 0 bridgehead atoms. The van der Waals surface area contributed by atoms with Gasteiger partial charge in [-0.25, -0.2) is 0 Å². The summed E-state index contributed by atoms with van der Waals surface area (Å²) in [4.78, 5) is 2.58. The third kappa shape index (κ3) is 5.17. The lowest BCUT2D eigenvalue weighted by Gasteiger charge is -2.33. The van der Waals surface area contributed by atoms with Crippen molar-refractivity contribution in [1.29, 1.82) is 0 Å². The summed E-state index contributed by atoms with van der Waals surface area (Å²) >= 11 is 0. The molecular formula is C17H26N2. The van der Waals surface area contributed by atoms with Gasteiger partial charge in [-0.1, -0.05) is 42.5 Å². The van der Waals surface area contributed by atoms with Crippen LogP contribution in [0.3, 0.4) is 0 Å². The highest BCUT2D eigenvalue weighted by atomic mass is 15.2. The Morgan fingerprint density at radius 1 is 1.32 bits per heavy atom. The fraction of sp³-hybridized carbons (Fsp3) is 0.529. The number of benzene rings is 1. The summed E-state index contributed by atoms with van der Waals surface area (Å²) in [5.41, 5.74) is 1.43. The maximum Gasteiger partial charge on any atom is 0.0234 e. The predicted octanol–water partition coefficient (Wildman–Crippen LogP) is 3.21. The monoisotopic (exact) mass is 258 g/mol. The predicted molar refractivity (Wildman–Crippen MR) is 82.2 cm³/mol. The lowest BCUT2D eigenvalue weighted by atomic mass is 10.0. The molecule has 19 heavy (non-hydrogen) atoms. The largest absolute Gasteiger partial charge is 0.312 e. The lowest BCUT2D eigenvalue weighted by molar-refractivity contribution is 0.184. The molecule has 1 aliphatic heterocycles. The minimum atomic E-state index is 0.669. The number of nitrogens with one attached hydrogen (secondary N) is 1. The van der Waals surface area contributed by atoms with E-state index >= 15 is 0 Å². The molecule has 0 aromatic heterocycles. The highest BCUT2D eigenvalue weighted by molar-refractivity contribution is 5.14. The molecule has 1 heterocycles. The quantitative estimate of drug-likeness (QED) is 0.622. The molecule has 1 fully saturated rings. The summed E-state index contributed by atoms with van der Waals surface area (Å²) in [6.07, 6.45) is 8.14. The Morgan fingerprint density at radius 3 is 2.95 bits per heavy atom. The fourth-order valence-corrected chi connectivity index (χ4v) is 2.74. The van der Waals surface area contributed by atoms with Crippen LogP contribution in [0.4, 0.5) is 0 Å². The van der Waals surface area contributed by atoms with E-state index < -0.39 is 0 Å². The van der Waals surface area contributed by atoms with E-state index in [2.05, 4.69) is 59.6 Å². The molecule has 104 valence electrons.